The molecule has 0 atom stereocenters. The minimum Gasteiger partial charge on any atom is -0.360 e. The molecule has 0 aliphatic carbocycles. The molecule has 8 heteroatoms. The number of rotatable bonds is 4. The zero-order valence-corrected chi connectivity index (χ0v) is 15.1. The molecule has 0 unspecified atom stereocenters. The van der Waals surface area contributed by atoms with Crippen LogP contribution in [0.4, 0.5) is 24.5 Å². The fourth-order valence-corrected chi connectivity index (χ4v) is 3.24. The molecule has 3 rings (SSSR count). The van der Waals surface area contributed by atoms with Gasteiger partial charge in [-0.15, -0.1) is 0 Å². The summed E-state index contributed by atoms with van der Waals surface area (Å²) < 4.78 is 38.6. The van der Waals surface area contributed by atoms with Gasteiger partial charge in [0, 0.05) is 11.4 Å². The molecule has 1 fully saturated rings. The van der Waals surface area contributed by atoms with Crippen LogP contribution in [0.5, 0.6) is 0 Å². The summed E-state index contributed by atoms with van der Waals surface area (Å²) >= 11 is 0. The van der Waals surface area contributed by atoms with Gasteiger partial charge in [-0.1, -0.05) is 12.1 Å². The van der Waals surface area contributed by atoms with Crippen molar-refractivity contribution in [3.8, 4) is 6.07 Å². The molecule has 5 nitrogen and oxygen atoms in total. The summed E-state index contributed by atoms with van der Waals surface area (Å²) in [5.41, 5.74) is 0.941. The normalized spacial score (nSPS) is 15.1. The summed E-state index contributed by atoms with van der Waals surface area (Å²) in [5, 5.41) is 11.7. The van der Waals surface area contributed by atoms with Gasteiger partial charge in [0.2, 0.25) is 0 Å². The Labute approximate surface area is 161 Å². The first-order valence-electron chi connectivity index (χ1n) is 8.91. The third kappa shape index (κ3) is 5.02. The predicted molar refractivity (Wildman–Crippen MR) is 99.0 cm³/mol. The highest BCUT2D eigenvalue weighted by atomic mass is 19.4. The van der Waals surface area contributed by atoms with Gasteiger partial charge in [0.1, 0.15) is 0 Å². The van der Waals surface area contributed by atoms with Crippen molar-refractivity contribution in [1.82, 2.24) is 0 Å². The van der Waals surface area contributed by atoms with Crippen molar-refractivity contribution in [3.63, 3.8) is 0 Å². The van der Waals surface area contributed by atoms with E-state index in [0.717, 1.165) is 11.0 Å². The van der Waals surface area contributed by atoms with Crippen molar-refractivity contribution >= 4 is 17.3 Å². The Balaban J connectivity index is 1.53. The van der Waals surface area contributed by atoms with Crippen LogP contribution in [0, 0.1) is 11.3 Å². The molecule has 2 aromatic rings. The van der Waals surface area contributed by atoms with E-state index in [9.17, 15) is 18.0 Å². The van der Waals surface area contributed by atoms with Crippen molar-refractivity contribution < 1.29 is 22.9 Å². The molecule has 0 aromatic heterocycles. The maximum Gasteiger partial charge on any atom is 0.416 e. The number of hydrogen-bond acceptors (Lipinski definition) is 3. The van der Waals surface area contributed by atoms with Gasteiger partial charge < -0.3 is 15.1 Å². The monoisotopic (exact) mass is 389 g/mol. The Morgan fingerprint density at radius 3 is 2.54 bits per heavy atom. The molecule has 0 radical (unpaired) electrons. The average molecular weight is 389 g/mol. The number of nitrogens with one attached hydrogen (secondary N) is 2. The summed E-state index contributed by atoms with van der Waals surface area (Å²) in [6.45, 7) is 2.73. The SMILES string of the molecule is N#Cc1cccc(NC(=O)C[NH+]2CCN(c3cccc(C(F)(F)F)c3)CC2)c1. The van der Waals surface area contributed by atoms with Gasteiger partial charge in [0.05, 0.1) is 43.4 Å². The van der Waals surface area contributed by atoms with E-state index >= 15 is 0 Å². The van der Waals surface area contributed by atoms with Crippen molar-refractivity contribution in [2.45, 2.75) is 6.18 Å². The van der Waals surface area contributed by atoms with Crippen LogP contribution in [0.3, 0.4) is 0 Å². The number of quaternary nitrogens is 1. The lowest BCUT2D eigenvalue weighted by atomic mass is 10.1. The largest absolute Gasteiger partial charge is 0.416 e. The number of hydrogen-bond donors (Lipinski definition) is 2. The first kappa shape index (κ1) is 19.7. The molecule has 2 N–H and O–H groups in total. The summed E-state index contributed by atoms with van der Waals surface area (Å²) in [6, 6.07) is 14.0. The lowest BCUT2D eigenvalue weighted by Crippen LogP contribution is -3.15. The molecular weight excluding hydrogens is 369 g/mol. The van der Waals surface area contributed by atoms with E-state index in [4.69, 9.17) is 5.26 Å². The molecule has 1 saturated heterocycles. The highest BCUT2D eigenvalue weighted by Crippen LogP contribution is 2.31. The number of alkyl halides is 3. The standard InChI is InChI=1S/C20H19F3N4O/c21-20(22,23)16-4-2-6-18(12-16)27-9-7-26(8-10-27)14-19(28)25-17-5-1-3-15(11-17)13-24/h1-6,11-12H,7-10,14H2,(H,25,28)/p+1. The van der Waals surface area contributed by atoms with E-state index in [1.54, 1.807) is 30.3 Å². The summed E-state index contributed by atoms with van der Waals surface area (Å²) in [7, 11) is 0. The van der Waals surface area contributed by atoms with E-state index in [1.807, 2.05) is 11.0 Å². The third-order valence-corrected chi connectivity index (χ3v) is 4.70. The Morgan fingerprint density at radius 1 is 1.14 bits per heavy atom. The van der Waals surface area contributed by atoms with Gasteiger partial charge in [-0.05, 0) is 36.4 Å². The number of carbonyl (C=O) groups is 1. The second-order valence-corrected chi connectivity index (χ2v) is 6.70. The molecule has 2 aromatic carbocycles. The fourth-order valence-electron chi connectivity index (χ4n) is 3.24. The van der Waals surface area contributed by atoms with Crippen molar-refractivity contribution in [3.05, 3.63) is 59.7 Å². The third-order valence-electron chi connectivity index (χ3n) is 4.70. The Kier molecular flexibility index (Phi) is 5.85. The lowest BCUT2D eigenvalue weighted by molar-refractivity contribution is -0.892. The van der Waals surface area contributed by atoms with Crippen molar-refractivity contribution in [2.75, 3.05) is 42.9 Å². The van der Waals surface area contributed by atoms with E-state index in [2.05, 4.69) is 5.32 Å². The van der Waals surface area contributed by atoms with Crippen LogP contribution in [0.15, 0.2) is 48.5 Å². The highest BCUT2D eigenvalue weighted by Gasteiger charge is 2.31. The number of nitriles is 1. The first-order valence-corrected chi connectivity index (χ1v) is 8.91. The molecule has 1 aliphatic rings. The molecule has 28 heavy (non-hydrogen) atoms. The van der Waals surface area contributed by atoms with Gasteiger partial charge in [0.15, 0.2) is 6.54 Å². The average Bonchev–Trinajstić information content (AvgIpc) is 2.68. The smallest absolute Gasteiger partial charge is 0.360 e. The maximum atomic E-state index is 12.9. The van der Waals surface area contributed by atoms with Crippen LogP contribution < -0.4 is 15.1 Å². The number of anilines is 2. The number of nitrogens with zero attached hydrogens (tertiary/aromatic N) is 2. The summed E-state index contributed by atoms with van der Waals surface area (Å²) in [5.74, 6) is -0.155. The topological polar surface area (TPSA) is 60.6 Å². The Morgan fingerprint density at radius 2 is 1.86 bits per heavy atom. The van der Waals surface area contributed by atoms with Gasteiger partial charge in [-0.3, -0.25) is 4.79 Å². The van der Waals surface area contributed by atoms with E-state index < -0.39 is 11.7 Å². The number of amides is 1. The van der Waals surface area contributed by atoms with Gasteiger partial charge in [0.25, 0.3) is 5.91 Å². The second kappa shape index (κ2) is 8.31. The highest BCUT2D eigenvalue weighted by molar-refractivity contribution is 5.91. The molecule has 1 aliphatic heterocycles. The zero-order valence-electron chi connectivity index (χ0n) is 15.1. The number of piperazine rings is 1. The van der Waals surface area contributed by atoms with E-state index in [-0.39, 0.29) is 12.5 Å². The molecule has 1 heterocycles. The van der Waals surface area contributed by atoms with Crippen LogP contribution in [0.1, 0.15) is 11.1 Å². The maximum absolute atomic E-state index is 12.9. The summed E-state index contributed by atoms with van der Waals surface area (Å²) in [6.07, 6.45) is -4.36. The van der Waals surface area contributed by atoms with Crippen LogP contribution in [0.2, 0.25) is 0 Å². The van der Waals surface area contributed by atoms with Gasteiger partial charge in [-0.25, -0.2) is 0 Å². The molecule has 0 saturated carbocycles. The van der Waals surface area contributed by atoms with Crippen LogP contribution in [-0.4, -0.2) is 38.6 Å². The van der Waals surface area contributed by atoms with Gasteiger partial charge >= 0.3 is 6.18 Å². The molecular formula is C20H20F3N4O+. The minimum absolute atomic E-state index is 0.155. The Bertz CT molecular complexity index is 884. The van der Waals surface area contributed by atoms with Crippen LogP contribution in [-0.2, 0) is 11.0 Å². The first-order chi connectivity index (χ1) is 13.3. The molecule has 0 spiro atoms. The zero-order chi connectivity index (χ0) is 20.1. The number of halogens is 3. The van der Waals surface area contributed by atoms with E-state index in [1.165, 1.54) is 12.1 Å². The van der Waals surface area contributed by atoms with E-state index in [0.29, 0.717) is 43.1 Å². The van der Waals surface area contributed by atoms with Gasteiger partial charge in [-0.2, -0.15) is 18.4 Å². The second-order valence-electron chi connectivity index (χ2n) is 6.70. The Hall–Kier alpha value is -3.05. The van der Waals surface area contributed by atoms with Crippen LogP contribution in [0.25, 0.3) is 0 Å². The number of benzene rings is 2. The predicted octanol–water partition coefficient (Wildman–Crippen LogP) is 1.92. The molecule has 146 valence electrons. The fraction of sp³-hybridized carbons (Fsp3) is 0.300. The van der Waals surface area contributed by atoms with Crippen LogP contribution >= 0.6 is 0 Å². The lowest BCUT2D eigenvalue weighted by Gasteiger charge is -2.33. The minimum atomic E-state index is -4.36. The molecule has 0 bridgehead atoms. The summed E-state index contributed by atoms with van der Waals surface area (Å²) in [4.78, 5) is 15.2. The van der Waals surface area contributed by atoms with Crippen molar-refractivity contribution in [2.24, 2.45) is 0 Å². The molecule has 1 amide bonds. The van der Waals surface area contributed by atoms with Crippen molar-refractivity contribution in [1.29, 1.82) is 5.26 Å². The quantitative estimate of drug-likeness (QED) is 0.840. The number of carbonyl (C=O) groups excluding carboxylic acids is 1.